The highest BCUT2D eigenvalue weighted by atomic mass is 32.2. The molecule has 134 valence electrons. The maximum atomic E-state index is 12.9. The van der Waals surface area contributed by atoms with Crippen molar-refractivity contribution in [3.05, 3.63) is 28.8 Å². The molecular weight excluding hydrogens is 328 g/mol. The smallest absolute Gasteiger partial charge is 0.254 e. The van der Waals surface area contributed by atoms with Crippen LogP contribution < -0.4 is 4.74 Å². The third-order valence-corrected chi connectivity index (χ3v) is 5.73. The number of carbonyl (C=O) groups excluding carboxylic acids is 1. The Hall–Kier alpha value is -1.60. The molecule has 0 atom stereocenters. The van der Waals surface area contributed by atoms with Gasteiger partial charge in [0.2, 0.25) is 10.0 Å². The van der Waals surface area contributed by atoms with Gasteiger partial charge in [-0.1, -0.05) is 13.8 Å². The van der Waals surface area contributed by atoms with Gasteiger partial charge in [0.25, 0.3) is 5.91 Å². The third-order valence-electron chi connectivity index (χ3n) is 4.42. The summed E-state index contributed by atoms with van der Waals surface area (Å²) in [7, 11) is -1.56. The van der Waals surface area contributed by atoms with Crippen molar-refractivity contribution in [2.45, 2.75) is 26.7 Å². The predicted molar refractivity (Wildman–Crippen MR) is 94.1 cm³/mol. The molecule has 0 radical (unpaired) electrons. The average Bonchev–Trinajstić information content (AvgIpc) is 2.52. The number of amides is 1. The monoisotopic (exact) mass is 354 g/mol. The molecule has 7 heteroatoms. The molecule has 6 nitrogen and oxygen atoms in total. The van der Waals surface area contributed by atoms with E-state index < -0.39 is 10.0 Å². The van der Waals surface area contributed by atoms with Gasteiger partial charge in [0.1, 0.15) is 5.75 Å². The molecule has 1 amide bonds. The van der Waals surface area contributed by atoms with E-state index >= 15 is 0 Å². The molecule has 2 rings (SSSR count). The zero-order valence-corrected chi connectivity index (χ0v) is 15.8. The third kappa shape index (κ3) is 3.89. The highest BCUT2D eigenvalue weighted by Gasteiger charge is 2.27. The van der Waals surface area contributed by atoms with Crippen LogP contribution in [-0.4, -0.2) is 63.1 Å². The summed E-state index contributed by atoms with van der Waals surface area (Å²) >= 11 is 0. The zero-order valence-electron chi connectivity index (χ0n) is 15.0. The predicted octanol–water partition coefficient (Wildman–Crippen LogP) is 1.84. The van der Waals surface area contributed by atoms with Gasteiger partial charge in [-0.3, -0.25) is 4.79 Å². The van der Waals surface area contributed by atoms with Gasteiger partial charge in [-0.05, 0) is 36.1 Å². The number of hydrogen-bond acceptors (Lipinski definition) is 4. The first-order valence-electron chi connectivity index (χ1n) is 8.08. The van der Waals surface area contributed by atoms with Crippen molar-refractivity contribution in [3.63, 3.8) is 0 Å². The van der Waals surface area contributed by atoms with E-state index in [2.05, 4.69) is 13.8 Å². The molecule has 1 aromatic rings. The van der Waals surface area contributed by atoms with E-state index in [0.717, 1.165) is 16.9 Å². The van der Waals surface area contributed by atoms with Gasteiger partial charge in [0, 0.05) is 31.7 Å². The van der Waals surface area contributed by atoms with Gasteiger partial charge < -0.3 is 9.64 Å². The summed E-state index contributed by atoms with van der Waals surface area (Å²) < 4.78 is 30.0. The fourth-order valence-corrected chi connectivity index (χ4v) is 3.78. The molecule has 0 unspecified atom stereocenters. The SMILES string of the molecule is COc1cc(C)c(C(=O)N2CCN(S(C)(=O)=O)CC2)cc1C(C)C. The van der Waals surface area contributed by atoms with Crippen LogP contribution in [0.25, 0.3) is 0 Å². The molecule has 0 spiro atoms. The van der Waals surface area contributed by atoms with Crippen LogP contribution in [-0.2, 0) is 10.0 Å². The number of ether oxygens (including phenoxy) is 1. The number of benzene rings is 1. The molecule has 0 aromatic heterocycles. The van der Waals surface area contributed by atoms with Gasteiger partial charge in [0.15, 0.2) is 0 Å². The van der Waals surface area contributed by atoms with Gasteiger partial charge >= 0.3 is 0 Å². The van der Waals surface area contributed by atoms with Gasteiger partial charge in [-0.15, -0.1) is 0 Å². The van der Waals surface area contributed by atoms with Crippen molar-refractivity contribution in [1.29, 1.82) is 0 Å². The summed E-state index contributed by atoms with van der Waals surface area (Å²) in [6.07, 6.45) is 1.20. The summed E-state index contributed by atoms with van der Waals surface area (Å²) in [5, 5.41) is 0. The van der Waals surface area contributed by atoms with E-state index in [9.17, 15) is 13.2 Å². The van der Waals surface area contributed by atoms with Crippen molar-refractivity contribution in [2.75, 3.05) is 39.5 Å². The second kappa shape index (κ2) is 7.11. The normalized spacial score (nSPS) is 16.5. The topological polar surface area (TPSA) is 66.9 Å². The molecule has 0 saturated carbocycles. The van der Waals surface area contributed by atoms with Crippen LogP contribution in [0, 0.1) is 6.92 Å². The number of aryl methyl sites for hydroxylation is 1. The second-order valence-electron chi connectivity index (χ2n) is 6.52. The van der Waals surface area contributed by atoms with Crippen LogP contribution in [0.4, 0.5) is 0 Å². The number of hydrogen-bond donors (Lipinski definition) is 0. The molecule has 1 aliphatic rings. The van der Waals surface area contributed by atoms with Crippen molar-refractivity contribution in [2.24, 2.45) is 0 Å². The summed E-state index contributed by atoms with van der Waals surface area (Å²) in [5.41, 5.74) is 2.53. The number of piperazine rings is 1. The lowest BCUT2D eigenvalue weighted by Crippen LogP contribution is -2.50. The van der Waals surface area contributed by atoms with Crippen LogP contribution >= 0.6 is 0 Å². The van der Waals surface area contributed by atoms with E-state index in [1.165, 1.54) is 10.6 Å². The van der Waals surface area contributed by atoms with Gasteiger partial charge in [0.05, 0.1) is 13.4 Å². The molecule has 1 saturated heterocycles. The van der Waals surface area contributed by atoms with E-state index in [0.29, 0.717) is 31.7 Å². The van der Waals surface area contributed by atoms with E-state index in [1.54, 1.807) is 12.0 Å². The number of methoxy groups -OCH3 is 1. The highest BCUT2D eigenvalue weighted by molar-refractivity contribution is 7.88. The van der Waals surface area contributed by atoms with Crippen LogP contribution in [0.5, 0.6) is 5.75 Å². The van der Waals surface area contributed by atoms with Gasteiger partial charge in [-0.2, -0.15) is 4.31 Å². The van der Waals surface area contributed by atoms with Crippen LogP contribution in [0.1, 0.15) is 41.3 Å². The Balaban J connectivity index is 2.23. The summed E-state index contributed by atoms with van der Waals surface area (Å²) in [6.45, 7) is 7.53. The summed E-state index contributed by atoms with van der Waals surface area (Å²) in [4.78, 5) is 14.6. The molecule has 0 N–H and O–H groups in total. The Bertz CT molecular complexity index is 720. The number of carbonyl (C=O) groups is 1. The Morgan fingerprint density at radius 1 is 1.17 bits per heavy atom. The average molecular weight is 354 g/mol. The first kappa shape index (κ1) is 18.7. The number of sulfonamides is 1. The summed E-state index contributed by atoms with van der Waals surface area (Å²) in [6, 6.07) is 3.80. The van der Waals surface area contributed by atoms with E-state index in [1.807, 2.05) is 19.1 Å². The number of nitrogens with zero attached hydrogens (tertiary/aromatic N) is 2. The first-order valence-corrected chi connectivity index (χ1v) is 9.93. The Morgan fingerprint density at radius 2 is 1.75 bits per heavy atom. The molecule has 1 aliphatic heterocycles. The Morgan fingerprint density at radius 3 is 2.21 bits per heavy atom. The lowest BCUT2D eigenvalue weighted by atomic mass is 9.95. The fraction of sp³-hybridized carbons (Fsp3) is 0.588. The van der Waals surface area contributed by atoms with Crippen molar-refractivity contribution in [3.8, 4) is 5.75 Å². The molecule has 0 aliphatic carbocycles. The standard InChI is InChI=1S/C17H26N2O4S/c1-12(2)14-11-15(13(3)10-16(14)23-4)17(20)18-6-8-19(9-7-18)24(5,21)22/h10-12H,6-9H2,1-5H3. The maximum Gasteiger partial charge on any atom is 0.254 e. The second-order valence-corrected chi connectivity index (χ2v) is 8.50. The van der Waals surface area contributed by atoms with Gasteiger partial charge in [-0.25, -0.2) is 8.42 Å². The fourth-order valence-electron chi connectivity index (χ4n) is 2.95. The molecule has 1 fully saturated rings. The number of rotatable bonds is 4. The van der Waals surface area contributed by atoms with E-state index in [-0.39, 0.29) is 11.8 Å². The molecule has 24 heavy (non-hydrogen) atoms. The Kier molecular flexibility index (Phi) is 5.55. The minimum Gasteiger partial charge on any atom is -0.496 e. The highest BCUT2D eigenvalue weighted by Crippen LogP contribution is 2.30. The summed E-state index contributed by atoms with van der Waals surface area (Å²) in [5.74, 6) is 0.986. The molecule has 1 aromatic carbocycles. The molecule has 1 heterocycles. The van der Waals surface area contributed by atoms with Crippen LogP contribution in [0.3, 0.4) is 0 Å². The lowest BCUT2D eigenvalue weighted by Gasteiger charge is -2.33. The first-order chi connectivity index (χ1) is 11.1. The zero-order chi connectivity index (χ0) is 18.1. The minimum absolute atomic E-state index is 0.0507. The van der Waals surface area contributed by atoms with Crippen molar-refractivity contribution in [1.82, 2.24) is 9.21 Å². The molecule has 0 bridgehead atoms. The van der Waals surface area contributed by atoms with Crippen molar-refractivity contribution < 1.29 is 17.9 Å². The lowest BCUT2D eigenvalue weighted by molar-refractivity contribution is 0.0697. The van der Waals surface area contributed by atoms with E-state index in [4.69, 9.17) is 4.74 Å². The largest absolute Gasteiger partial charge is 0.496 e. The minimum atomic E-state index is -3.20. The quantitative estimate of drug-likeness (QED) is 0.827. The Labute approximate surface area is 144 Å². The van der Waals surface area contributed by atoms with Crippen LogP contribution in [0.2, 0.25) is 0 Å². The van der Waals surface area contributed by atoms with Crippen LogP contribution in [0.15, 0.2) is 12.1 Å². The molecular formula is C17H26N2O4S. The maximum absolute atomic E-state index is 12.9. The van der Waals surface area contributed by atoms with Crippen molar-refractivity contribution >= 4 is 15.9 Å².